The fraction of sp³-hybridized carbons (Fsp3) is 0.500. The van der Waals surface area contributed by atoms with Gasteiger partial charge in [-0.3, -0.25) is 0 Å². The average Bonchev–Trinajstić information content (AvgIpc) is 2.81. The molecular weight excluding hydrogens is 332 g/mol. The van der Waals surface area contributed by atoms with Gasteiger partial charge >= 0.3 is 0 Å². The highest BCUT2D eigenvalue weighted by Crippen LogP contribution is 2.35. The summed E-state index contributed by atoms with van der Waals surface area (Å²) in [6.07, 6.45) is 0.745. The Bertz CT molecular complexity index is 560. The van der Waals surface area contributed by atoms with Gasteiger partial charge in [0, 0.05) is 29.5 Å². The van der Waals surface area contributed by atoms with E-state index >= 15 is 0 Å². The smallest absolute Gasteiger partial charge is 0.244 e. The van der Waals surface area contributed by atoms with Crippen LogP contribution in [0.5, 0.6) is 5.75 Å². The first-order chi connectivity index (χ1) is 9.04. The molecule has 1 aromatic carbocycles. The molecule has 2 rings (SSSR count). The van der Waals surface area contributed by atoms with Crippen LogP contribution in [-0.4, -0.2) is 34.7 Å². The van der Waals surface area contributed by atoms with Gasteiger partial charge in [0.2, 0.25) is 10.0 Å². The molecule has 0 amide bonds. The highest BCUT2D eigenvalue weighted by Gasteiger charge is 2.25. The number of nitrogens with one attached hydrogen (secondary N) is 2. The van der Waals surface area contributed by atoms with Crippen LogP contribution in [0.4, 0.5) is 0 Å². The van der Waals surface area contributed by atoms with Gasteiger partial charge in [-0.05, 0) is 18.7 Å². The third-order valence-corrected chi connectivity index (χ3v) is 4.77. The van der Waals surface area contributed by atoms with E-state index < -0.39 is 10.0 Å². The summed E-state index contributed by atoms with van der Waals surface area (Å²) in [6.45, 7) is 4.29. The van der Waals surface area contributed by atoms with Gasteiger partial charge in [0.05, 0.1) is 6.61 Å². The maximum Gasteiger partial charge on any atom is 0.244 e. The van der Waals surface area contributed by atoms with Gasteiger partial charge in [-0.25, -0.2) is 13.1 Å². The number of halogens is 1. The molecule has 2 N–H and O–H groups in total. The minimum Gasteiger partial charge on any atom is -0.492 e. The van der Waals surface area contributed by atoms with Crippen LogP contribution in [0.15, 0.2) is 21.5 Å². The molecule has 106 valence electrons. The summed E-state index contributed by atoms with van der Waals surface area (Å²) in [6, 6.07) is 3.49. The van der Waals surface area contributed by atoms with Crippen LogP contribution < -0.4 is 14.8 Å². The van der Waals surface area contributed by atoms with Crippen LogP contribution >= 0.6 is 15.9 Å². The normalized spacial score (nSPS) is 14.2. The second kappa shape index (κ2) is 6.21. The van der Waals surface area contributed by atoms with E-state index in [4.69, 9.17) is 4.74 Å². The average molecular weight is 349 g/mol. The van der Waals surface area contributed by atoms with Crippen LogP contribution in [0.1, 0.15) is 12.5 Å². The SMILES string of the molecule is CCNCCNS(=O)(=O)c1cc(Br)cc2c1OCC2. The molecule has 1 heterocycles. The lowest BCUT2D eigenvalue weighted by Gasteiger charge is -2.11. The molecule has 1 aliphatic heterocycles. The van der Waals surface area contributed by atoms with E-state index in [1.54, 1.807) is 6.07 Å². The summed E-state index contributed by atoms with van der Waals surface area (Å²) < 4.78 is 33.3. The topological polar surface area (TPSA) is 67.4 Å². The van der Waals surface area contributed by atoms with Crippen LogP contribution in [0.25, 0.3) is 0 Å². The van der Waals surface area contributed by atoms with Crippen molar-refractivity contribution in [1.29, 1.82) is 0 Å². The zero-order valence-corrected chi connectivity index (χ0v) is 13.1. The van der Waals surface area contributed by atoms with Crippen LogP contribution in [-0.2, 0) is 16.4 Å². The van der Waals surface area contributed by atoms with Crippen molar-refractivity contribution >= 4 is 26.0 Å². The van der Waals surface area contributed by atoms with Crippen molar-refractivity contribution in [2.75, 3.05) is 26.2 Å². The van der Waals surface area contributed by atoms with Crippen LogP contribution in [0.2, 0.25) is 0 Å². The monoisotopic (exact) mass is 348 g/mol. The lowest BCUT2D eigenvalue weighted by molar-refractivity contribution is 0.348. The molecule has 1 aliphatic rings. The third-order valence-electron chi connectivity index (χ3n) is 2.85. The maximum atomic E-state index is 12.3. The van der Waals surface area contributed by atoms with Crippen molar-refractivity contribution in [3.63, 3.8) is 0 Å². The van der Waals surface area contributed by atoms with Crippen molar-refractivity contribution < 1.29 is 13.2 Å². The zero-order valence-electron chi connectivity index (χ0n) is 10.7. The quantitative estimate of drug-likeness (QED) is 0.759. The molecule has 1 aromatic rings. The molecule has 0 bridgehead atoms. The Morgan fingerprint density at radius 2 is 2.16 bits per heavy atom. The minimum absolute atomic E-state index is 0.214. The summed E-state index contributed by atoms with van der Waals surface area (Å²) in [7, 11) is -3.53. The number of sulfonamides is 1. The molecule has 0 saturated carbocycles. The van der Waals surface area contributed by atoms with E-state index in [0.29, 0.717) is 25.4 Å². The van der Waals surface area contributed by atoms with Crippen molar-refractivity contribution in [2.24, 2.45) is 0 Å². The standard InChI is InChI=1S/C12H17BrN2O3S/c1-2-14-4-5-15-19(16,17)11-8-10(13)7-9-3-6-18-12(9)11/h7-8,14-15H,2-6H2,1H3. The lowest BCUT2D eigenvalue weighted by Crippen LogP contribution is -2.32. The molecule has 5 nitrogen and oxygen atoms in total. The molecule has 0 spiro atoms. The number of benzene rings is 1. The summed E-state index contributed by atoms with van der Waals surface area (Å²) in [5, 5.41) is 3.07. The van der Waals surface area contributed by atoms with E-state index in [9.17, 15) is 8.42 Å². The Morgan fingerprint density at radius 3 is 2.89 bits per heavy atom. The number of hydrogen-bond donors (Lipinski definition) is 2. The zero-order chi connectivity index (χ0) is 13.9. The van der Waals surface area contributed by atoms with E-state index in [2.05, 4.69) is 26.0 Å². The summed E-state index contributed by atoms with van der Waals surface area (Å²) in [5.41, 5.74) is 0.932. The minimum atomic E-state index is -3.53. The molecule has 19 heavy (non-hydrogen) atoms. The molecule has 0 aromatic heterocycles. The lowest BCUT2D eigenvalue weighted by atomic mass is 10.2. The molecule has 7 heteroatoms. The van der Waals surface area contributed by atoms with E-state index in [0.717, 1.165) is 23.0 Å². The summed E-state index contributed by atoms with van der Waals surface area (Å²) in [4.78, 5) is 0.214. The van der Waals surface area contributed by atoms with Crippen molar-refractivity contribution in [1.82, 2.24) is 10.0 Å². The predicted octanol–water partition coefficient (Wildman–Crippen LogP) is 1.27. The van der Waals surface area contributed by atoms with Gasteiger partial charge in [0.25, 0.3) is 0 Å². The first-order valence-corrected chi connectivity index (χ1v) is 8.48. The number of rotatable bonds is 6. The Kier molecular flexibility index (Phi) is 4.83. The van der Waals surface area contributed by atoms with Gasteiger partial charge < -0.3 is 10.1 Å². The predicted molar refractivity (Wildman–Crippen MR) is 77.1 cm³/mol. The van der Waals surface area contributed by atoms with Gasteiger partial charge in [0.15, 0.2) is 0 Å². The largest absolute Gasteiger partial charge is 0.492 e. The molecule has 0 radical (unpaired) electrons. The highest BCUT2D eigenvalue weighted by molar-refractivity contribution is 9.10. The van der Waals surface area contributed by atoms with Crippen LogP contribution in [0.3, 0.4) is 0 Å². The molecule has 0 aliphatic carbocycles. The van der Waals surface area contributed by atoms with Gasteiger partial charge in [0.1, 0.15) is 10.6 Å². The second-order valence-electron chi connectivity index (χ2n) is 4.24. The first kappa shape index (κ1) is 14.8. The van der Waals surface area contributed by atoms with E-state index in [1.807, 2.05) is 13.0 Å². The second-order valence-corrected chi connectivity index (χ2v) is 6.89. The Balaban J connectivity index is 2.21. The maximum absolute atomic E-state index is 12.3. The first-order valence-electron chi connectivity index (χ1n) is 6.20. The number of likely N-dealkylation sites (N-methyl/N-ethyl adjacent to an activating group) is 1. The fourth-order valence-electron chi connectivity index (χ4n) is 1.96. The van der Waals surface area contributed by atoms with Gasteiger partial charge in [-0.15, -0.1) is 0 Å². The molecule has 0 unspecified atom stereocenters. The third kappa shape index (κ3) is 3.47. The van der Waals surface area contributed by atoms with E-state index in [-0.39, 0.29) is 4.90 Å². The molecule has 0 saturated heterocycles. The number of fused-ring (bicyclic) bond motifs is 1. The fourth-order valence-corrected chi connectivity index (χ4v) is 3.86. The van der Waals surface area contributed by atoms with Crippen molar-refractivity contribution in [3.8, 4) is 5.75 Å². The van der Waals surface area contributed by atoms with Crippen molar-refractivity contribution in [2.45, 2.75) is 18.2 Å². The van der Waals surface area contributed by atoms with Crippen LogP contribution in [0, 0.1) is 0 Å². The summed E-state index contributed by atoms with van der Waals surface area (Å²) in [5.74, 6) is 0.485. The Hall–Kier alpha value is -0.630. The Labute approximate surface area is 121 Å². The summed E-state index contributed by atoms with van der Waals surface area (Å²) >= 11 is 3.34. The molecular formula is C12H17BrN2O3S. The number of hydrogen-bond acceptors (Lipinski definition) is 4. The Morgan fingerprint density at radius 1 is 1.37 bits per heavy atom. The van der Waals surface area contributed by atoms with E-state index in [1.165, 1.54) is 0 Å². The van der Waals surface area contributed by atoms with Gasteiger partial charge in [-0.2, -0.15) is 0 Å². The highest BCUT2D eigenvalue weighted by atomic mass is 79.9. The molecule has 0 atom stereocenters. The van der Waals surface area contributed by atoms with Crippen molar-refractivity contribution in [3.05, 3.63) is 22.2 Å². The number of ether oxygens (including phenoxy) is 1. The molecule has 0 fully saturated rings. The van der Waals surface area contributed by atoms with Gasteiger partial charge in [-0.1, -0.05) is 22.9 Å².